The maximum atomic E-state index is 12.9. The van der Waals surface area contributed by atoms with Gasteiger partial charge in [-0.05, 0) is 31.2 Å². The molecule has 0 unspecified atom stereocenters. The fourth-order valence-corrected chi connectivity index (χ4v) is 3.49. The Labute approximate surface area is 170 Å². The number of carbonyl (C=O) groups is 1. The number of benzene rings is 2. The van der Waals surface area contributed by atoms with Gasteiger partial charge in [0.1, 0.15) is 5.75 Å². The van der Waals surface area contributed by atoms with Crippen LogP contribution in [0.2, 0.25) is 0 Å². The van der Waals surface area contributed by atoms with E-state index >= 15 is 0 Å². The van der Waals surface area contributed by atoms with Crippen molar-refractivity contribution in [3.05, 3.63) is 72.3 Å². The van der Waals surface area contributed by atoms with Crippen LogP contribution in [0.15, 0.2) is 66.7 Å². The number of piperazine rings is 1. The molecule has 0 N–H and O–H groups in total. The molecule has 6 heteroatoms. The van der Waals surface area contributed by atoms with Gasteiger partial charge in [0.25, 0.3) is 5.91 Å². The van der Waals surface area contributed by atoms with Crippen molar-refractivity contribution in [2.24, 2.45) is 0 Å². The van der Waals surface area contributed by atoms with Gasteiger partial charge in [0.05, 0.1) is 17.9 Å². The van der Waals surface area contributed by atoms with Gasteiger partial charge in [-0.25, -0.2) is 0 Å². The molecule has 1 aliphatic heterocycles. The third kappa shape index (κ3) is 4.21. The first-order chi connectivity index (χ1) is 14.3. The summed E-state index contributed by atoms with van der Waals surface area (Å²) in [5.41, 5.74) is 2.53. The fraction of sp³-hybridized carbons (Fsp3) is 0.261. The van der Waals surface area contributed by atoms with Gasteiger partial charge in [-0.1, -0.05) is 42.5 Å². The Kier molecular flexibility index (Phi) is 5.70. The maximum Gasteiger partial charge on any atom is 0.257 e. The number of hydrogen-bond donors (Lipinski definition) is 0. The summed E-state index contributed by atoms with van der Waals surface area (Å²) in [6.45, 7) is 5.19. The first kappa shape index (κ1) is 18.9. The molecule has 2 heterocycles. The standard InChI is InChI=1S/C23H24N4O2/c1-2-29-21-11-7-6-10-19(21)23(28)27-16-14-26(15-17-27)22-13-12-20(24-25-22)18-8-4-3-5-9-18/h3-13H,2,14-17H2,1H3. The summed E-state index contributed by atoms with van der Waals surface area (Å²) in [5, 5.41) is 8.77. The molecule has 1 aliphatic rings. The number of rotatable bonds is 5. The van der Waals surface area contributed by atoms with Crippen molar-refractivity contribution in [3.63, 3.8) is 0 Å². The summed E-state index contributed by atoms with van der Waals surface area (Å²) in [4.78, 5) is 17.0. The van der Waals surface area contributed by atoms with E-state index in [1.807, 2.05) is 78.6 Å². The summed E-state index contributed by atoms with van der Waals surface area (Å²) in [6, 6.07) is 21.4. The Morgan fingerprint density at radius 2 is 1.62 bits per heavy atom. The average Bonchev–Trinajstić information content (AvgIpc) is 2.80. The van der Waals surface area contributed by atoms with Crippen molar-refractivity contribution in [2.75, 3.05) is 37.7 Å². The monoisotopic (exact) mass is 388 g/mol. The number of carbonyl (C=O) groups excluding carboxylic acids is 1. The molecule has 0 bridgehead atoms. The second-order valence-corrected chi connectivity index (χ2v) is 6.85. The van der Waals surface area contributed by atoms with E-state index in [2.05, 4.69) is 15.1 Å². The van der Waals surface area contributed by atoms with Crippen LogP contribution in [0, 0.1) is 0 Å². The van der Waals surface area contributed by atoms with Crippen molar-refractivity contribution in [1.82, 2.24) is 15.1 Å². The number of aromatic nitrogens is 2. The van der Waals surface area contributed by atoms with Crippen molar-refractivity contribution in [2.45, 2.75) is 6.92 Å². The van der Waals surface area contributed by atoms with Crippen molar-refractivity contribution >= 4 is 11.7 Å². The zero-order valence-corrected chi connectivity index (χ0v) is 16.5. The summed E-state index contributed by atoms with van der Waals surface area (Å²) < 4.78 is 5.61. The van der Waals surface area contributed by atoms with E-state index in [1.165, 1.54) is 0 Å². The van der Waals surface area contributed by atoms with Gasteiger partial charge in [0.2, 0.25) is 0 Å². The van der Waals surface area contributed by atoms with E-state index in [9.17, 15) is 4.79 Å². The van der Waals surface area contributed by atoms with E-state index < -0.39 is 0 Å². The van der Waals surface area contributed by atoms with Crippen LogP contribution in [0.5, 0.6) is 5.75 Å². The molecule has 0 saturated carbocycles. The first-order valence-corrected chi connectivity index (χ1v) is 9.91. The van der Waals surface area contributed by atoms with Crippen LogP contribution in [-0.4, -0.2) is 53.8 Å². The molecule has 2 aromatic carbocycles. The number of hydrogen-bond acceptors (Lipinski definition) is 5. The first-order valence-electron chi connectivity index (χ1n) is 9.91. The van der Waals surface area contributed by atoms with Crippen LogP contribution < -0.4 is 9.64 Å². The lowest BCUT2D eigenvalue weighted by Gasteiger charge is -2.35. The average molecular weight is 388 g/mol. The van der Waals surface area contributed by atoms with Gasteiger partial charge in [-0.2, -0.15) is 0 Å². The maximum absolute atomic E-state index is 12.9. The van der Waals surface area contributed by atoms with E-state index in [4.69, 9.17) is 4.74 Å². The fourth-order valence-electron chi connectivity index (χ4n) is 3.49. The number of para-hydroxylation sites is 1. The molecule has 1 aromatic heterocycles. The highest BCUT2D eigenvalue weighted by Crippen LogP contribution is 2.22. The SMILES string of the molecule is CCOc1ccccc1C(=O)N1CCN(c2ccc(-c3ccccc3)nn2)CC1. The predicted octanol–water partition coefficient (Wildman–Crippen LogP) is 3.50. The van der Waals surface area contributed by atoms with Crippen LogP contribution in [0.4, 0.5) is 5.82 Å². The highest BCUT2D eigenvalue weighted by molar-refractivity contribution is 5.97. The predicted molar refractivity (Wildman–Crippen MR) is 113 cm³/mol. The van der Waals surface area contributed by atoms with Crippen LogP contribution >= 0.6 is 0 Å². The Hall–Kier alpha value is -3.41. The van der Waals surface area contributed by atoms with Gasteiger partial charge >= 0.3 is 0 Å². The number of nitrogens with zero attached hydrogens (tertiary/aromatic N) is 4. The molecule has 3 aromatic rings. The van der Waals surface area contributed by atoms with Crippen molar-refractivity contribution in [1.29, 1.82) is 0 Å². The second kappa shape index (κ2) is 8.73. The summed E-state index contributed by atoms with van der Waals surface area (Å²) in [7, 11) is 0. The minimum absolute atomic E-state index is 0.0132. The molecule has 0 spiro atoms. The van der Waals surface area contributed by atoms with Gasteiger partial charge in [-0.15, -0.1) is 10.2 Å². The molecule has 1 saturated heterocycles. The Morgan fingerprint density at radius 3 is 2.31 bits per heavy atom. The van der Waals surface area contributed by atoms with Crippen LogP contribution in [-0.2, 0) is 0 Å². The molecule has 148 valence electrons. The Balaban J connectivity index is 1.40. The van der Waals surface area contributed by atoms with Crippen LogP contribution in [0.3, 0.4) is 0 Å². The van der Waals surface area contributed by atoms with E-state index in [0.29, 0.717) is 31.0 Å². The normalized spacial score (nSPS) is 14.0. The van der Waals surface area contributed by atoms with Crippen LogP contribution in [0.1, 0.15) is 17.3 Å². The van der Waals surface area contributed by atoms with Crippen molar-refractivity contribution < 1.29 is 9.53 Å². The molecule has 1 fully saturated rings. The number of amides is 1. The minimum Gasteiger partial charge on any atom is -0.493 e. The lowest BCUT2D eigenvalue weighted by molar-refractivity contribution is 0.0742. The smallest absolute Gasteiger partial charge is 0.257 e. The van der Waals surface area contributed by atoms with Gasteiger partial charge < -0.3 is 14.5 Å². The lowest BCUT2D eigenvalue weighted by Crippen LogP contribution is -2.49. The molecule has 1 amide bonds. The highest BCUT2D eigenvalue weighted by Gasteiger charge is 2.25. The quantitative estimate of drug-likeness (QED) is 0.670. The third-order valence-electron chi connectivity index (χ3n) is 5.03. The molecule has 0 aliphatic carbocycles. The van der Waals surface area contributed by atoms with E-state index in [0.717, 1.165) is 30.2 Å². The second-order valence-electron chi connectivity index (χ2n) is 6.85. The molecule has 0 atom stereocenters. The largest absolute Gasteiger partial charge is 0.493 e. The summed E-state index contributed by atoms with van der Waals surface area (Å²) in [5.74, 6) is 1.50. The summed E-state index contributed by atoms with van der Waals surface area (Å²) >= 11 is 0. The zero-order chi connectivity index (χ0) is 20.1. The van der Waals surface area contributed by atoms with E-state index in [1.54, 1.807) is 0 Å². The molecule has 4 rings (SSSR count). The third-order valence-corrected chi connectivity index (χ3v) is 5.03. The lowest BCUT2D eigenvalue weighted by atomic mass is 10.1. The van der Waals surface area contributed by atoms with Gasteiger partial charge in [0, 0.05) is 31.7 Å². The van der Waals surface area contributed by atoms with Gasteiger partial charge in [0.15, 0.2) is 5.82 Å². The van der Waals surface area contributed by atoms with Crippen LogP contribution in [0.25, 0.3) is 11.3 Å². The van der Waals surface area contributed by atoms with Crippen molar-refractivity contribution in [3.8, 4) is 17.0 Å². The molecular formula is C23H24N4O2. The number of anilines is 1. The molecule has 0 radical (unpaired) electrons. The topological polar surface area (TPSA) is 58.6 Å². The molecule has 6 nitrogen and oxygen atoms in total. The molecular weight excluding hydrogens is 364 g/mol. The van der Waals surface area contributed by atoms with Gasteiger partial charge in [-0.3, -0.25) is 4.79 Å². The minimum atomic E-state index is 0.0132. The number of ether oxygens (including phenoxy) is 1. The Morgan fingerprint density at radius 1 is 0.897 bits per heavy atom. The zero-order valence-electron chi connectivity index (χ0n) is 16.5. The molecule has 29 heavy (non-hydrogen) atoms. The summed E-state index contributed by atoms with van der Waals surface area (Å²) in [6.07, 6.45) is 0. The highest BCUT2D eigenvalue weighted by atomic mass is 16.5. The van der Waals surface area contributed by atoms with E-state index in [-0.39, 0.29) is 5.91 Å². The Bertz CT molecular complexity index is 952.